The zero-order valence-electron chi connectivity index (χ0n) is 16.0. The number of carbonyl (C=O) groups excluding carboxylic acids is 1. The Kier molecular flexibility index (Phi) is 5.78. The standard InChI is InChI=1S/C21H18ClN3O4S/c1-29-15-4-2-3-13(9-15)16-10-17(12-5-7-14(22)8-6-12)25(24-16)21-23-20(28)18(30-21)11-19(26)27/h2-9,17-18H,10-11H2,1H3,(H,26,27). The van der Waals surface area contributed by atoms with Crippen molar-refractivity contribution in [3.8, 4) is 5.75 Å². The molecule has 2 aliphatic rings. The number of hydrazone groups is 1. The van der Waals surface area contributed by atoms with Gasteiger partial charge in [-0.1, -0.05) is 47.6 Å². The molecule has 0 fully saturated rings. The molecule has 1 amide bonds. The lowest BCUT2D eigenvalue weighted by molar-refractivity contribution is -0.138. The first kappa shape index (κ1) is 20.4. The molecule has 2 aromatic rings. The van der Waals surface area contributed by atoms with Crippen molar-refractivity contribution in [2.45, 2.75) is 24.1 Å². The Morgan fingerprint density at radius 3 is 2.77 bits per heavy atom. The van der Waals surface area contributed by atoms with Crippen LogP contribution in [-0.2, 0) is 9.59 Å². The van der Waals surface area contributed by atoms with E-state index in [1.165, 1.54) is 0 Å². The number of aliphatic carboxylic acids is 1. The number of carboxylic acids is 1. The fourth-order valence-electron chi connectivity index (χ4n) is 3.37. The third-order valence-electron chi connectivity index (χ3n) is 4.85. The van der Waals surface area contributed by atoms with Crippen molar-refractivity contribution >= 4 is 46.1 Å². The molecule has 0 aliphatic carbocycles. The molecule has 0 saturated carbocycles. The van der Waals surface area contributed by atoms with E-state index in [0.29, 0.717) is 16.6 Å². The number of thioether (sulfide) groups is 1. The predicted octanol–water partition coefficient (Wildman–Crippen LogP) is 3.97. The minimum atomic E-state index is -1.03. The van der Waals surface area contributed by atoms with Crippen LogP contribution in [0.3, 0.4) is 0 Å². The molecule has 0 radical (unpaired) electrons. The minimum Gasteiger partial charge on any atom is -0.497 e. The van der Waals surface area contributed by atoms with Crippen molar-refractivity contribution in [1.82, 2.24) is 5.01 Å². The Morgan fingerprint density at radius 2 is 2.07 bits per heavy atom. The molecular weight excluding hydrogens is 426 g/mol. The maximum atomic E-state index is 12.2. The molecule has 2 heterocycles. The van der Waals surface area contributed by atoms with Gasteiger partial charge in [0.1, 0.15) is 11.0 Å². The van der Waals surface area contributed by atoms with Crippen molar-refractivity contribution in [1.29, 1.82) is 0 Å². The van der Waals surface area contributed by atoms with Gasteiger partial charge in [0.2, 0.25) is 0 Å². The maximum absolute atomic E-state index is 12.2. The number of hydrogen-bond donors (Lipinski definition) is 1. The molecule has 9 heteroatoms. The average molecular weight is 444 g/mol. The second-order valence-electron chi connectivity index (χ2n) is 6.83. The molecule has 7 nitrogen and oxygen atoms in total. The van der Waals surface area contributed by atoms with Crippen molar-refractivity contribution in [2.24, 2.45) is 10.1 Å². The minimum absolute atomic E-state index is 0.189. The summed E-state index contributed by atoms with van der Waals surface area (Å²) in [7, 11) is 1.61. The zero-order chi connectivity index (χ0) is 21.3. The average Bonchev–Trinajstić information content (AvgIpc) is 3.32. The number of hydrogen-bond acceptors (Lipinski definition) is 6. The Bertz CT molecular complexity index is 1050. The van der Waals surface area contributed by atoms with E-state index < -0.39 is 17.1 Å². The van der Waals surface area contributed by atoms with Crippen LogP contribution >= 0.6 is 23.4 Å². The molecule has 0 spiro atoms. The molecule has 1 N–H and O–H groups in total. The predicted molar refractivity (Wildman–Crippen MR) is 116 cm³/mol. The van der Waals surface area contributed by atoms with Crippen LogP contribution in [0, 0.1) is 0 Å². The molecule has 0 bridgehead atoms. The molecule has 4 rings (SSSR count). The van der Waals surface area contributed by atoms with Gasteiger partial charge in [-0.2, -0.15) is 10.1 Å². The van der Waals surface area contributed by atoms with Gasteiger partial charge < -0.3 is 9.84 Å². The summed E-state index contributed by atoms with van der Waals surface area (Å²) >= 11 is 7.18. The lowest BCUT2D eigenvalue weighted by atomic mass is 9.98. The summed E-state index contributed by atoms with van der Waals surface area (Å²) < 4.78 is 5.32. The van der Waals surface area contributed by atoms with Gasteiger partial charge in [0.25, 0.3) is 5.91 Å². The molecule has 154 valence electrons. The molecule has 2 aliphatic heterocycles. The topological polar surface area (TPSA) is 91.6 Å². The first-order valence-electron chi connectivity index (χ1n) is 9.22. The highest BCUT2D eigenvalue weighted by atomic mass is 35.5. The van der Waals surface area contributed by atoms with Crippen LogP contribution in [0.2, 0.25) is 5.02 Å². The van der Waals surface area contributed by atoms with Gasteiger partial charge in [-0.3, -0.25) is 9.59 Å². The smallest absolute Gasteiger partial charge is 0.305 e. The van der Waals surface area contributed by atoms with E-state index in [4.69, 9.17) is 26.5 Å². The summed E-state index contributed by atoms with van der Waals surface area (Å²) in [4.78, 5) is 27.4. The third-order valence-corrected chi connectivity index (χ3v) is 6.25. The number of carboxylic acid groups (broad SMARTS) is 1. The fourth-order valence-corrected chi connectivity index (χ4v) is 4.55. The van der Waals surface area contributed by atoms with Crippen LogP contribution in [0.1, 0.15) is 30.0 Å². The second-order valence-corrected chi connectivity index (χ2v) is 8.44. The highest BCUT2D eigenvalue weighted by Crippen LogP contribution is 2.39. The molecule has 2 atom stereocenters. The van der Waals surface area contributed by atoms with Gasteiger partial charge >= 0.3 is 5.97 Å². The van der Waals surface area contributed by atoms with E-state index in [1.807, 2.05) is 36.4 Å². The highest BCUT2D eigenvalue weighted by molar-refractivity contribution is 8.15. The monoisotopic (exact) mass is 443 g/mol. The van der Waals surface area contributed by atoms with Gasteiger partial charge in [-0.25, -0.2) is 5.01 Å². The summed E-state index contributed by atoms with van der Waals surface area (Å²) in [5.41, 5.74) is 2.71. The Labute approximate surface area is 182 Å². The summed E-state index contributed by atoms with van der Waals surface area (Å²) in [6.45, 7) is 0. The van der Waals surface area contributed by atoms with E-state index in [-0.39, 0.29) is 12.5 Å². The molecular formula is C21H18ClN3O4S. The largest absolute Gasteiger partial charge is 0.497 e. The van der Waals surface area contributed by atoms with Crippen molar-refractivity contribution in [3.63, 3.8) is 0 Å². The van der Waals surface area contributed by atoms with Gasteiger partial charge in [-0.05, 0) is 29.8 Å². The summed E-state index contributed by atoms with van der Waals surface area (Å²) in [6.07, 6.45) is 0.314. The summed E-state index contributed by atoms with van der Waals surface area (Å²) in [6, 6.07) is 14.9. The number of amides is 1. The van der Waals surface area contributed by atoms with Crippen LogP contribution in [0.15, 0.2) is 58.6 Å². The van der Waals surface area contributed by atoms with Gasteiger partial charge in [-0.15, -0.1) is 0 Å². The van der Waals surface area contributed by atoms with Crippen molar-refractivity contribution in [3.05, 3.63) is 64.7 Å². The van der Waals surface area contributed by atoms with E-state index in [1.54, 1.807) is 24.3 Å². The van der Waals surface area contributed by atoms with Crippen LogP contribution < -0.4 is 4.74 Å². The zero-order valence-corrected chi connectivity index (χ0v) is 17.6. The third kappa shape index (κ3) is 4.20. The first-order chi connectivity index (χ1) is 14.4. The number of carbonyl (C=O) groups is 2. The maximum Gasteiger partial charge on any atom is 0.305 e. The second kappa shape index (κ2) is 8.49. The van der Waals surface area contributed by atoms with Crippen molar-refractivity contribution in [2.75, 3.05) is 7.11 Å². The Morgan fingerprint density at radius 1 is 1.30 bits per heavy atom. The molecule has 0 aromatic heterocycles. The number of amidine groups is 1. The highest BCUT2D eigenvalue weighted by Gasteiger charge is 2.39. The number of rotatable bonds is 5. The quantitative estimate of drug-likeness (QED) is 0.751. The van der Waals surface area contributed by atoms with E-state index in [0.717, 1.165) is 34.3 Å². The lowest BCUT2D eigenvalue weighted by Gasteiger charge is -2.23. The van der Waals surface area contributed by atoms with E-state index in [9.17, 15) is 9.59 Å². The van der Waals surface area contributed by atoms with Crippen LogP contribution in [0.5, 0.6) is 5.75 Å². The number of ether oxygens (including phenoxy) is 1. The fraction of sp³-hybridized carbons (Fsp3) is 0.238. The van der Waals surface area contributed by atoms with E-state index in [2.05, 4.69) is 4.99 Å². The summed E-state index contributed by atoms with van der Waals surface area (Å²) in [5, 5.41) is 15.8. The number of nitrogens with zero attached hydrogens (tertiary/aromatic N) is 3. The molecule has 0 saturated heterocycles. The van der Waals surface area contributed by atoms with Crippen molar-refractivity contribution < 1.29 is 19.4 Å². The lowest BCUT2D eigenvalue weighted by Crippen LogP contribution is -2.24. The first-order valence-corrected chi connectivity index (χ1v) is 10.5. The van der Waals surface area contributed by atoms with Crippen LogP contribution in [0.25, 0.3) is 0 Å². The molecule has 2 unspecified atom stereocenters. The van der Waals surface area contributed by atoms with Gasteiger partial charge in [0, 0.05) is 17.0 Å². The number of benzene rings is 2. The van der Waals surface area contributed by atoms with Gasteiger partial charge in [0.15, 0.2) is 5.17 Å². The van der Waals surface area contributed by atoms with Crippen LogP contribution in [0.4, 0.5) is 0 Å². The van der Waals surface area contributed by atoms with Gasteiger partial charge in [0.05, 0.1) is 25.3 Å². The Balaban J connectivity index is 1.68. The number of halogens is 1. The number of aliphatic imine (C=N–C) groups is 1. The normalized spacial score (nSPS) is 20.9. The summed E-state index contributed by atoms with van der Waals surface area (Å²) in [5.74, 6) is -0.758. The molecule has 2 aromatic carbocycles. The molecule has 30 heavy (non-hydrogen) atoms. The SMILES string of the molecule is COc1cccc(C2=NN(C3=NC(=O)C(CC(=O)O)S3)C(c3ccc(Cl)cc3)C2)c1. The van der Waals surface area contributed by atoms with Crippen LogP contribution in [-0.4, -0.2) is 45.2 Å². The van der Waals surface area contributed by atoms with E-state index >= 15 is 0 Å². The number of methoxy groups -OCH3 is 1. The Hall–Kier alpha value is -2.84.